The molecule has 0 spiro atoms. The Morgan fingerprint density at radius 1 is 1.22 bits per heavy atom. The summed E-state index contributed by atoms with van der Waals surface area (Å²) in [5, 5.41) is 13.8. The van der Waals surface area contributed by atoms with Gasteiger partial charge in [0.15, 0.2) is 5.82 Å². The summed E-state index contributed by atoms with van der Waals surface area (Å²) < 4.78 is 26.4. The number of ether oxygens (including phenoxy) is 2. The highest BCUT2D eigenvalue weighted by molar-refractivity contribution is 5.36. The van der Waals surface area contributed by atoms with Crippen LogP contribution < -0.4 is 9.47 Å². The van der Waals surface area contributed by atoms with Crippen LogP contribution in [-0.2, 0) is 19.6 Å². The minimum absolute atomic E-state index is 0.0370. The zero-order valence-electron chi connectivity index (χ0n) is 14.7. The normalized spacial score (nSPS) is 15.9. The summed E-state index contributed by atoms with van der Waals surface area (Å²) in [5.41, 5.74) is 1.13. The molecule has 140 valence electrons. The second-order valence-electron chi connectivity index (χ2n) is 6.40. The first kappa shape index (κ1) is 17.5. The van der Waals surface area contributed by atoms with Gasteiger partial charge in [-0.15, -0.1) is 0 Å². The molecule has 2 heterocycles. The largest absolute Gasteiger partial charge is 0.493 e. The zero-order chi connectivity index (χ0) is 18.6. The van der Waals surface area contributed by atoms with Crippen LogP contribution in [0.4, 0.5) is 4.39 Å². The van der Waals surface area contributed by atoms with E-state index in [4.69, 9.17) is 9.47 Å². The third-order valence-electron chi connectivity index (χ3n) is 4.46. The monoisotopic (exact) mass is 369 g/mol. The maximum absolute atomic E-state index is 13.3. The fourth-order valence-electron chi connectivity index (χ4n) is 3.22. The lowest BCUT2D eigenvalue weighted by Gasteiger charge is -2.24. The molecule has 0 amide bonds. The number of fused-ring (bicyclic) bond motifs is 1. The summed E-state index contributed by atoms with van der Waals surface area (Å²) in [4.78, 5) is 4.60. The van der Waals surface area contributed by atoms with Crippen LogP contribution in [-0.4, -0.2) is 33.1 Å². The predicted octanol–water partition coefficient (Wildman–Crippen LogP) is 2.71. The smallest absolute Gasteiger partial charge is 0.188 e. The summed E-state index contributed by atoms with van der Waals surface area (Å²) in [6.45, 7) is 0.940. The molecule has 0 fully saturated rings. The van der Waals surface area contributed by atoms with Gasteiger partial charge in [0, 0.05) is 6.07 Å². The molecule has 1 unspecified atom stereocenters. The highest BCUT2D eigenvalue weighted by atomic mass is 19.1. The number of aliphatic hydroxyl groups excluding tert-OH is 1. The van der Waals surface area contributed by atoms with Crippen LogP contribution in [0.1, 0.15) is 23.1 Å². The second kappa shape index (κ2) is 7.75. The van der Waals surface area contributed by atoms with Gasteiger partial charge in [0.25, 0.3) is 0 Å². The minimum atomic E-state index is -0.357. The standard InChI is InChI=1S/C20H20FN3O3/c21-16-5-3-6-17(11-16)26-13-19-22-20(24(23-19)8-9-25)15-10-14-4-1-2-7-18(14)27-12-15/h1-7,11,15,25H,8-10,12-13H2. The number of para-hydroxylation sites is 1. The molecular formula is C20H20FN3O3. The van der Waals surface area contributed by atoms with E-state index in [-0.39, 0.29) is 24.9 Å². The molecule has 0 bridgehead atoms. The van der Waals surface area contributed by atoms with Crippen molar-refractivity contribution in [1.29, 1.82) is 0 Å². The Morgan fingerprint density at radius 2 is 2.11 bits per heavy atom. The van der Waals surface area contributed by atoms with Crippen LogP contribution >= 0.6 is 0 Å². The van der Waals surface area contributed by atoms with E-state index in [2.05, 4.69) is 10.1 Å². The van der Waals surface area contributed by atoms with Gasteiger partial charge < -0.3 is 14.6 Å². The predicted molar refractivity (Wildman–Crippen MR) is 96.2 cm³/mol. The molecule has 1 atom stereocenters. The van der Waals surface area contributed by atoms with Crippen molar-refractivity contribution in [3.8, 4) is 11.5 Å². The Balaban J connectivity index is 1.52. The molecule has 0 aliphatic carbocycles. The second-order valence-corrected chi connectivity index (χ2v) is 6.40. The minimum Gasteiger partial charge on any atom is -0.493 e. The van der Waals surface area contributed by atoms with E-state index in [1.54, 1.807) is 16.8 Å². The quantitative estimate of drug-likeness (QED) is 0.724. The van der Waals surface area contributed by atoms with Crippen LogP contribution in [0.3, 0.4) is 0 Å². The fraction of sp³-hybridized carbons (Fsp3) is 0.300. The van der Waals surface area contributed by atoms with Gasteiger partial charge in [-0.3, -0.25) is 0 Å². The average molecular weight is 369 g/mol. The molecule has 3 aromatic rings. The van der Waals surface area contributed by atoms with Crippen LogP contribution in [0.5, 0.6) is 11.5 Å². The number of rotatable bonds is 6. The first-order valence-electron chi connectivity index (χ1n) is 8.86. The molecule has 0 saturated heterocycles. The van der Waals surface area contributed by atoms with Crippen LogP contribution in [0.2, 0.25) is 0 Å². The molecular weight excluding hydrogens is 349 g/mol. The average Bonchev–Trinajstić information content (AvgIpc) is 3.09. The molecule has 1 N–H and O–H groups in total. The van der Waals surface area contributed by atoms with E-state index in [1.165, 1.54) is 12.1 Å². The Labute approximate surface area is 156 Å². The zero-order valence-corrected chi connectivity index (χ0v) is 14.7. The summed E-state index contributed by atoms with van der Waals surface area (Å²) in [5.74, 6) is 2.26. The summed E-state index contributed by atoms with van der Waals surface area (Å²) in [6, 6.07) is 13.9. The van der Waals surface area contributed by atoms with E-state index < -0.39 is 0 Å². The number of aliphatic hydroxyl groups is 1. The number of aromatic nitrogens is 3. The van der Waals surface area contributed by atoms with Crippen molar-refractivity contribution in [3.05, 3.63) is 71.6 Å². The number of hydrogen-bond acceptors (Lipinski definition) is 5. The van der Waals surface area contributed by atoms with Gasteiger partial charge >= 0.3 is 0 Å². The Kier molecular flexibility index (Phi) is 5.02. The van der Waals surface area contributed by atoms with Crippen molar-refractivity contribution in [3.63, 3.8) is 0 Å². The number of halogens is 1. The molecule has 1 aromatic heterocycles. The maximum Gasteiger partial charge on any atom is 0.188 e. The number of hydrogen-bond donors (Lipinski definition) is 1. The summed E-state index contributed by atoms with van der Waals surface area (Å²) >= 11 is 0. The first-order valence-corrected chi connectivity index (χ1v) is 8.86. The fourth-order valence-corrected chi connectivity index (χ4v) is 3.22. The summed E-state index contributed by atoms with van der Waals surface area (Å²) in [6.07, 6.45) is 0.796. The molecule has 0 saturated carbocycles. The Bertz CT molecular complexity index is 928. The highest BCUT2D eigenvalue weighted by Gasteiger charge is 2.26. The number of benzene rings is 2. The Hall–Kier alpha value is -2.93. The van der Waals surface area contributed by atoms with E-state index in [1.807, 2.05) is 24.3 Å². The van der Waals surface area contributed by atoms with E-state index >= 15 is 0 Å². The topological polar surface area (TPSA) is 69.4 Å². The molecule has 6 nitrogen and oxygen atoms in total. The third kappa shape index (κ3) is 3.93. The lowest BCUT2D eigenvalue weighted by molar-refractivity contribution is 0.240. The van der Waals surface area contributed by atoms with Gasteiger partial charge in [-0.05, 0) is 30.2 Å². The van der Waals surface area contributed by atoms with Crippen LogP contribution in [0.15, 0.2) is 48.5 Å². The van der Waals surface area contributed by atoms with Crippen LogP contribution in [0, 0.1) is 5.82 Å². The van der Waals surface area contributed by atoms with E-state index in [9.17, 15) is 9.50 Å². The molecule has 7 heteroatoms. The van der Waals surface area contributed by atoms with Gasteiger partial charge in [0.1, 0.15) is 29.7 Å². The summed E-state index contributed by atoms with van der Waals surface area (Å²) in [7, 11) is 0. The maximum atomic E-state index is 13.3. The van der Waals surface area contributed by atoms with Crippen molar-refractivity contribution >= 4 is 0 Å². The Morgan fingerprint density at radius 3 is 2.96 bits per heavy atom. The van der Waals surface area contributed by atoms with Gasteiger partial charge in [-0.1, -0.05) is 24.3 Å². The highest BCUT2D eigenvalue weighted by Crippen LogP contribution is 2.31. The van der Waals surface area contributed by atoms with Crippen molar-refractivity contribution in [2.24, 2.45) is 0 Å². The molecule has 1 aliphatic heterocycles. The van der Waals surface area contributed by atoms with Crippen molar-refractivity contribution in [2.45, 2.75) is 25.5 Å². The third-order valence-corrected chi connectivity index (χ3v) is 4.46. The van der Waals surface area contributed by atoms with Crippen molar-refractivity contribution in [2.75, 3.05) is 13.2 Å². The molecule has 4 rings (SSSR count). The molecule has 1 aliphatic rings. The molecule has 0 radical (unpaired) electrons. The van der Waals surface area contributed by atoms with Gasteiger partial charge in [0.05, 0.1) is 25.7 Å². The van der Waals surface area contributed by atoms with Crippen molar-refractivity contribution < 1.29 is 19.0 Å². The van der Waals surface area contributed by atoms with Gasteiger partial charge in [-0.2, -0.15) is 5.10 Å². The van der Waals surface area contributed by atoms with E-state index in [0.29, 0.717) is 24.7 Å². The van der Waals surface area contributed by atoms with Crippen LogP contribution in [0.25, 0.3) is 0 Å². The lowest BCUT2D eigenvalue weighted by Crippen LogP contribution is -2.23. The lowest BCUT2D eigenvalue weighted by atomic mass is 9.96. The molecule has 27 heavy (non-hydrogen) atoms. The SMILES string of the molecule is OCCn1nc(COc2cccc(F)c2)nc1C1COc2ccccc2C1. The molecule has 2 aromatic carbocycles. The van der Waals surface area contributed by atoms with Gasteiger partial charge in [-0.25, -0.2) is 14.1 Å². The number of nitrogens with zero attached hydrogens (tertiary/aromatic N) is 3. The van der Waals surface area contributed by atoms with E-state index in [0.717, 1.165) is 23.6 Å². The first-order chi connectivity index (χ1) is 13.2. The van der Waals surface area contributed by atoms with Gasteiger partial charge in [0.2, 0.25) is 0 Å². The van der Waals surface area contributed by atoms with Crippen molar-refractivity contribution in [1.82, 2.24) is 14.8 Å².